The molecule has 1 aromatic heterocycles. The molecule has 158 valence electrons. The van der Waals surface area contributed by atoms with Crippen LogP contribution in [0.5, 0.6) is 0 Å². The molecule has 0 bridgehead atoms. The van der Waals surface area contributed by atoms with Crippen LogP contribution >= 0.6 is 0 Å². The van der Waals surface area contributed by atoms with Crippen molar-refractivity contribution in [1.29, 1.82) is 0 Å². The topological polar surface area (TPSA) is 42.3 Å². The minimum Gasteiger partial charge on any atom is -0.343 e. The number of aromatic nitrogens is 1. The van der Waals surface area contributed by atoms with Gasteiger partial charge in [-0.05, 0) is 37.1 Å². The molecule has 0 saturated carbocycles. The first-order valence-electron chi connectivity index (χ1n) is 10.0. The fourth-order valence-corrected chi connectivity index (χ4v) is 5.07. The Morgan fingerprint density at radius 2 is 1.52 bits per heavy atom. The maximum Gasteiger partial charge on any atom is 0.418 e. The molecule has 5 rings (SSSR count). The second-order valence-corrected chi connectivity index (χ2v) is 8.04. The summed E-state index contributed by atoms with van der Waals surface area (Å²) in [6.45, 7) is 1.41. The van der Waals surface area contributed by atoms with Crippen LogP contribution in [0.4, 0.5) is 18.9 Å². The normalized spacial score (nSPS) is 22.7. The zero-order valence-corrected chi connectivity index (χ0v) is 16.6. The highest BCUT2D eigenvalue weighted by atomic mass is 19.4. The van der Waals surface area contributed by atoms with Gasteiger partial charge in [-0.15, -0.1) is 0 Å². The summed E-state index contributed by atoms with van der Waals surface area (Å²) in [5.74, 6) is -2.48. The van der Waals surface area contributed by atoms with Crippen molar-refractivity contribution >= 4 is 17.5 Å². The number of imide groups is 1. The van der Waals surface area contributed by atoms with Crippen molar-refractivity contribution in [3.63, 3.8) is 0 Å². The van der Waals surface area contributed by atoms with Crippen molar-refractivity contribution in [1.82, 2.24) is 4.57 Å². The summed E-state index contributed by atoms with van der Waals surface area (Å²) in [6, 6.07) is 18.4. The van der Waals surface area contributed by atoms with E-state index in [2.05, 4.69) is 0 Å². The Balaban J connectivity index is 1.65. The van der Waals surface area contributed by atoms with Gasteiger partial charge in [0.1, 0.15) is 0 Å². The molecule has 1 fully saturated rings. The van der Waals surface area contributed by atoms with Gasteiger partial charge in [0.15, 0.2) is 0 Å². The summed E-state index contributed by atoms with van der Waals surface area (Å²) in [4.78, 5) is 27.9. The molecule has 31 heavy (non-hydrogen) atoms. The minimum absolute atomic E-state index is 0.0460. The fraction of sp³-hybridized carbons (Fsp3) is 0.250. The first-order valence-corrected chi connectivity index (χ1v) is 10.0. The van der Waals surface area contributed by atoms with Crippen molar-refractivity contribution < 1.29 is 22.8 Å². The average Bonchev–Trinajstić information content (AvgIpc) is 3.33. The molecular weight excluding hydrogens is 405 g/mol. The van der Waals surface area contributed by atoms with Crippen molar-refractivity contribution in [2.45, 2.75) is 31.5 Å². The number of rotatable bonds is 3. The van der Waals surface area contributed by atoms with Crippen LogP contribution in [0.15, 0.2) is 66.7 Å². The molecule has 0 spiro atoms. The quantitative estimate of drug-likeness (QED) is 0.562. The number of para-hydroxylation sites is 1. The van der Waals surface area contributed by atoms with Crippen LogP contribution in [-0.4, -0.2) is 16.4 Å². The predicted molar refractivity (Wildman–Crippen MR) is 109 cm³/mol. The molecule has 0 aliphatic carbocycles. The maximum absolute atomic E-state index is 13.6. The highest BCUT2D eigenvalue weighted by Crippen LogP contribution is 2.53. The number of carbonyl (C=O) groups is 2. The molecule has 2 amide bonds. The van der Waals surface area contributed by atoms with Crippen LogP contribution < -0.4 is 4.90 Å². The van der Waals surface area contributed by atoms with Crippen molar-refractivity contribution in [3.05, 3.63) is 89.2 Å². The summed E-state index contributed by atoms with van der Waals surface area (Å²) >= 11 is 0. The number of hydrogen-bond acceptors (Lipinski definition) is 2. The van der Waals surface area contributed by atoms with Crippen LogP contribution in [-0.2, 0) is 22.2 Å². The molecule has 0 unspecified atom stereocenters. The molecule has 3 aromatic rings. The number of hydrogen-bond donors (Lipinski definition) is 0. The van der Waals surface area contributed by atoms with Gasteiger partial charge >= 0.3 is 6.18 Å². The Labute approximate surface area is 176 Å². The van der Waals surface area contributed by atoms with E-state index < -0.39 is 35.5 Å². The van der Waals surface area contributed by atoms with Crippen LogP contribution in [0, 0.1) is 12.8 Å². The lowest BCUT2D eigenvalue weighted by molar-refractivity contribution is -0.138. The monoisotopic (exact) mass is 424 g/mol. The van der Waals surface area contributed by atoms with Gasteiger partial charge in [0.05, 0.1) is 29.1 Å². The van der Waals surface area contributed by atoms with E-state index >= 15 is 0 Å². The van der Waals surface area contributed by atoms with Gasteiger partial charge in [0.25, 0.3) is 0 Å². The lowest BCUT2D eigenvalue weighted by Crippen LogP contribution is -2.34. The molecule has 1 saturated heterocycles. The Kier molecular flexibility index (Phi) is 4.32. The van der Waals surface area contributed by atoms with Crippen LogP contribution in [0.25, 0.3) is 0 Å². The second-order valence-electron chi connectivity index (χ2n) is 8.04. The molecule has 0 N–H and O–H groups in total. The number of anilines is 1. The van der Waals surface area contributed by atoms with Gasteiger partial charge in [-0.1, -0.05) is 48.5 Å². The maximum atomic E-state index is 13.6. The zero-order chi connectivity index (χ0) is 21.9. The Bertz CT molecular complexity index is 1170. The molecule has 2 aliphatic heterocycles. The standard InChI is InChI=1S/C24H19F3N2O2/c1-14-17(24(25,26)27)13-19-21-20(18(28(14)19)12-15-8-4-2-5-9-15)22(30)29(23(21)31)16-10-6-3-7-11-16/h2-11,13,18,20-21H,12H2,1H3/t18-,20-,21+/m0/s1. The van der Waals surface area contributed by atoms with E-state index in [1.54, 1.807) is 34.9 Å². The van der Waals surface area contributed by atoms with Crippen molar-refractivity contribution in [3.8, 4) is 0 Å². The molecule has 0 radical (unpaired) electrons. The summed E-state index contributed by atoms with van der Waals surface area (Å²) in [5, 5.41) is 0. The molecule has 3 atom stereocenters. The average molecular weight is 424 g/mol. The third-order valence-corrected chi connectivity index (χ3v) is 6.34. The van der Waals surface area contributed by atoms with Crippen LogP contribution in [0.1, 0.15) is 34.5 Å². The number of fused-ring (bicyclic) bond motifs is 3. The first kappa shape index (κ1) is 19.6. The lowest BCUT2D eigenvalue weighted by Gasteiger charge is -2.23. The summed E-state index contributed by atoms with van der Waals surface area (Å²) < 4.78 is 42.5. The summed E-state index contributed by atoms with van der Waals surface area (Å²) in [5.41, 5.74) is 0.907. The largest absolute Gasteiger partial charge is 0.418 e. The zero-order valence-electron chi connectivity index (χ0n) is 16.6. The van der Waals surface area contributed by atoms with E-state index in [1.807, 2.05) is 30.3 Å². The number of benzene rings is 2. The highest BCUT2D eigenvalue weighted by molar-refractivity contribution is 6.24. The van der Waals surface area contributed by atoms with Gasteiger partial charge in [0.2, 0.25) is 11.8 Å². The fourth-order valence-electron chi connectivity index (χ4n) is 5.07. The molecular formula is C24H19F3N2O2. The van der Waals surface area contributed by atoms with Crippen LogP contribution in [0.2, 0.25) is 0 Å². The predicted octanol–water partition coefficient (Wildman–Crippen LogP) is 4.89. The Hall–Kier alpha value is -3.35. The molecule has 4 nitrogen and oxygen atoms in total. The lowest BCUT2D eigenvalue weighted by atomic mass is 9.87. The Morgan fingerprint density at radius 1 is 0.903 bits per heavy atom. The third-order valence-electron chi connectivity index (χ3n) is 6.34. The van der Waals surface area contributed by atoms with E-state index in [9.17, 15) is 22.8 Å². The molecule has 7 heteroatoms. The van der Waals surface area contributed by atoms with E-state index in [0.717, 1.165) is 16.5 Å². The number of carbonyl (C=O) groups excluding carboxylic acids is 2. The van der Waals surface area contributed by atoms with E-state index in [4.69, 9.17) is 0 Å². The van der Waals surface area contributed by atoms with Gasteiger partial charge < -0.3 is 4.57 Å². The van der Waals surface area contributed by atoms with Crippen LogP contribution in [0.3, 0.4) is 0 Å². The van der Waals surface area contributed by atoms with E-state index in [1.165, 1.54) is 6.92 Å². The van der Waals surface area contributed by atoms with Gasteiger partial charge in [0, 0.05) is 11.4 Å². The molecule has 3 heterocycles. The van der Waals surface area contributed by atoms with Gasteiger partial charge in [-0.25, -0.2) is 4.90 Å². The summed E-state index contributed by atoms with van der Waals surface area (Å²) in [7, 11) is 0. The van der Waals surface area contributed by atoms with Gasteiger partial charge in [-0.3, -0.25) is 9.59 Å². The second kappa shape index (κ2) is 6.83. The molecule has 2 aliphatic rings. The number of amides is 2. The van der Waals surface area contributed by atoms with Crippen molar-refractivity contribution in [2.75, 3.05) is 4.90 Å². The Morgan fingerprint density at radius 3 is 2.13 bits per heavy atom. The third kappa shape index (κ3) is 2.91. The smallest absolute Gasteiger partial charge is 0.343 e. The van der Waals surface area contributed by atoms with E-state index in [0.29, 0.717) is 12.1 Å². The van der Waals surface area contributed by atoms with Gasteiger partial charge in [-0.2, -0.15) is 13.2 Å². The minimum atomic E-state index is -4.53. The highest BCUT2D eigenvalue weighted by Gasteiger charge is 2.59. The van der Waals surface area contributed by atoms with Crippen molar-refractivity contribution in [2.24, 2.45) is 5.92 Å². The summed E-state index contributed by atoms with van der Waals surface area (Å²) in [6.07, 6.45) is -4.16. The van der Waals surface area contributed by atoms with E-state index in [-0.39, 0.29) is 17.3 Å². The molecule has 2 aromatic carbocycles. The SMILES string of the molecule is Cc1c(C(F)(F)F)cc2n1[C@@H](Cc1ccccc1)[C@@H]1C(=O)N(c3ccccc3)C(=O)[C@H]21. The number of alkyl halides is 3. The number of halogens is 3. The first-order chi connectivity index (χ1) is 14.8. The number of nitrogens with zero attached hydrogens (tertiary/aromatic N) is 2.